The van der Waals surface area contributed by atoms with Crippen LogP contribution < -0.4 is 5.76 Å². The van der Waals surface area contributed by atoms with Gasteiger partial charge in [-0.2, -0.15) is 0 Å². The Hall–Kier alpha value is -3.67. The summed E-state index contributed by atoms with van der Waals surface area (Å²) in [6.45, 7) is 9.39. The lowest BCUT2D eigenvalue weighted by Crippen LogP contribution is -2.30. The zero-order valence-electron chi connectivity index (χ0n) is 19.7. The molecule has 2 heterocycles. The minimum atomic E-state index is -0.557. The van der Waals surface area contributed by atoms with E-state index in [0.29, 0.717) is 5.82 Å². The van der Waals surface area contributed by atoms with Gasteiger partial charge in [0.05, 0.1) is 0 Å². The number of benzene rings is 2. The molecule has 0 atom stereocenters. The average molecular weight is 443 g/mol. The molecule has 2 aromatic carbocycles. The van der Waals surface area contributed by atoms with Gasteiger partial charge in [0.1, 0.15) is 5.84 Å². The maximum atomic E-state index is 11.4. The number of hydrogen-bond acceptors (Lipinski definition) is 5. The fourth-order valence-corrected chi connectivity index (χ4v) is 4.16. The van der Waals surface area contributed by atoms with Gasteiger partial charge in [-0.3, -0.25) is 9.51 Å². The molecule has 0 fully saturated rings. The monoisotopic (exact) mass is 442 g/mol. The summed E-state index contributed by atoms with van der Waals surface area (Å²) >= 11 is 0. The summed E-state index contributed by atoms with van der Waals surface area (Å²) in [5.74, 6) is 0.934. The molecule has 0 aliphatic carbocycles. The van der Waals surface area contributed by atoms with Crippen molar-refractivity contribution in [3.05, 3.63) is 87.7 Å². The fraction of sp³-hybridized carbons (Fsp3) is 0.296. The molecule has 6 nitrogen and oxygen atoms in total. The van der Waals surface area contributed by atoms with E-state index in [2.05, 4.69) is 73.2 Å². The topological polar surface area (TPSA) is 74.5 Å². The third kappa shape index (κ3) is 5.22. The SMILES string of the molecule is CCCC1=C(Cc2ccc(-c3ccccc3-c3noc(=O)[nH]3)cc2)CN(C=C(C)C)C(C)=N1. The van der Waals surface area contributed by atoms with Crippen LogP contribution in [0.1, 0.15) is 46.1 Å². The number of rotatable bonds is 7. The Labute approximate surface area is 194 Å². The average Bonchev–Trinajstić information content (AvgIpc) is 3.23. The summed E-state index contributed by atoms with van der Waals surface area (Å²) in [5, 5.41) is 3.86. The number of amidine groups is 1. The lowest BCUT2D eigenvalue weighted by Gasteiger charge is -2.28. The van der Waals surface area contributed by atoms with Gasteiger partial charge in [-0.15, -0.1) is 0 Å². The second-order valence-electron chi connectivity index (χ2n) is 8.66. The number of allylic oxidation sites excluding steroid dienone is 2. The standard InChI is InChI=1S/C27H30N4O2/c1-5-8-25-22(17-31(16-18(2)3)19(4)28-25)15-20-11-13-21(14-12-20)23-9-6-7-10-24(23)26-29-27(32)33-30-26/h6-7,9-14,16H,5,8,15,17H2,1-4H3,(H,29,30,32). The van der Waals surface area contributed by atoms with Crippen LogP contribution in [-0.4, -0.2) is 27.4 Å². The molecule has 0 spiro atoms. The highest BCUT2D eigenvalue weighted by atomic mass is 16.5. The fourth-order valence-electron chi connectivity index (χ4n) is 4.16. The second kappa shape index (κ2) is 9.86. The highest BCUT2D eigenvalue weighted by molar-refractivity contribution is 5.83. The normalized spacial score (nSPS) is 13.8. The van der Waals surface area contributed by atoms with E-state index in [1.807, 2.05) is 24.3 Å². The Balaban J connectivity index is 1.61. The largest absolute Gasteiger partial charge is 0.439 e. The third-order valence-electron chi connectivity index (χ3n) is 5.69. The molecule has 0 bridgehead atoms. The Morgan fingerprint density at radius 3 is 2.48 bits per heavy atom. The molecule has 1 aromatic heterocycles. The smallest absolute Gasteiger partial charge is 0.333 e. The van der Waals surface area contributed by atoms with E-state index in [0.717, 1.165) is 48.3 Å². The van der Waals surface area contributed by atoms with Crippen molar-refractivity contribution in [3.8, 4) is 22.5 Å². The summed E-state index contributed by atoms with van der Waals surface area (Å²) in [6.07, 6.45) is 5.13. The Kier molecular flexibility index (Phi) is 6.73. The zero-order chi connectivity index (χ0) is 23.4. The second-order valence-corrected chi connectivity index (χ2v) is 8.66. The van der Waals surface area contributed by atoms with Gasteiger partial charge in [0.25, 0.3) is 0 Å². The van der Waals surface area contributed by atoms with Crippen molar-refractivity contribution >= 4 is 5.84 Å². The molecule has 170 valence electrons. The van der Waals surface area contributed by atoms with Gasteiger partial charge in [0.15, 0.2) is 5.82 Å². The molecule has 0 unspecified atom stereocenters. The molecule has 0 saturated heterocycles. The molecule has 1 aliphatic heterocycles. The first kappa shape index (κ1) is 22.5. The van der Waals surface area contributed by atoms with Gasteiger partial charge in [-0.05, 0) is 55.9 Å². The molecule has 0 saturated carbocycles. The minimum Gasteiger partial charge on any atom is -0.333 e. The number of hydrogen-bond donors (Lipinski definition) is 1. The molecule has 1 aliphatic rings. The number of aliphatic imine (C=N–C) groups is 1. The maximum Gasteiger partial charge on any atom is 0.439 e. The van der Waals surface area contributed by atoms with Gasteiger partial charge in [0, 0.05) is 24.0 Å². The summed E-state index contributed by atoms with van der Waals surface area (Å²) in [6, 6.07) is 16.4. The molecular weight excluding hydrogens is 412 g/mol. The van der Waals surface area contributed by atoms with Crippen molar-refractivity contribution < 1.29 is 4.52 Å². The van der Waals surface area contributed by atoms with E-state index < -0.39 is 5.76 Å². The van der Waals surface area contributed by atoms with Gasteiger partial charge in [0.2, 0.25) is 0 Å². The molecule has 4 rings (SSSR count). The van der Waals surface area contributed by atoms with Crippen molar-refractivity contribution in [2.24, 2.45) is 4.99 Å². The molecule has 0 radical (unpaired) electrons. The predicted octanol–water partition coefficient (Wildman–Crippen LogP) is 5.95. The van der Waals surface area contributed by atoms with Crippen LogP contribution in [0.3, 0.4) is 0 Å². The van der Waals surface area contributed by atoms with E-state index >= 15 is 0 Å². The molecule has 0 amide bonds. The van der Waals surface area contributed by atoms with Crippen molar-refractivity contribution in [1.82, 2.24) is 15.0 Å². The van der Waals surface area contributed by atoms with Crippen LogP contribution in [0.4, 0.5) is 0 Å². The lowest BCUT2D eigenvalue weighted by atomic mass is 9.95. The summed E-state index contributed by atoms with van der Waals surface area (Å²) in [5.41, 5.74) is 7.99. The highest BCUT2D eigenvalue weighted by Gasteiger charge is 2.18. The molecular formula is C27H30N4O2. The van der Waals surface area contributed by atoms with Crippen molar-refractivity contribution in [1.29, 1.82) is 0 Å². The van der Waals surface area contributed by atoms with Crippen molar-refractivity contribution in [3.63, 3.8) is 0 Å². The highest BCUT2D eigenvalue weighted by Crippen LogP contribution is 2.31. The van der Waals surface area contributed by atoms with Crippen LogP contribution in [-0.2, 0) is 6.42 Å². The van der Waals surface area contributed by atoms with Crippen LogP contribution in [0.25, 0.3) is 22.5 Å². The number of nitrogens with one attached hydrogen (secondary N) is 1. The Morgan fingerprint density at radius 2 is 1.85 bits per heavy atom. The number of aromatic nitrogens is 2. The van der Waals surface area contributed by atoms with E-state index in [9.17, 15) is 4.79 Å². The molecule has 3 aromatic rings. The first-order valence-corrected chi connectivity index (χ1v) is 11.4. The van der Waals surface area contributed by atoms with Crippen LogP contribution in [0, 0.1) is 0 Å². The van der Waals surface area contributed by atoms with Gasteiger partial charge >= 0.3 is 5.76 Å². The third-order valence-corrected chi connectivity index (χ3v) is 5.69. The minimum absolute atomic E-state index is 0.434. The molecule has 6 heteroatoms. The predicted molar refractivity (Wildman–Crippen MR) is 133 cm³/mol. The number of aromatic amines is 1. The summed E-state index contributed by atoms with van der Waals surface area (Å²) in [4.78, 5) is 21.2. The Bertz CT molecular complexity index is 1270. The van der Waals surface area contributed by atoms with E-state index in [1.165, 1.54) is 22.4 Å². The van der Waals surface area contributed by atoms with Crippen LogP contribution in [0.5, 0.6) is 0 Å². The van der Waals surface area contributed by atoms with E-state index in [-0.39, 0.29) is 0 Å². The van der Waals surface area contributed by atoms with Gasteiger partial charge in [-0.25, -0.2) is 9.79 Å². The van der Waals surface area contributed by atoms with Crippen LogP contribution >= 0.6 is 0 Å². The first-order valence-electron chi connectivity index (χ1n) is 11.4. The first-order chi connectivity index (χ1) is 15.9. The van der Waals surface area contributed by atoms with E-state index in [4.69, 9.17) is 9.52 Å². The molecule has 1 N–H and O–H groups in total. The quantitative estimate of drug-likeness (QED) is 0.490. The van der Waals surface area contributed by atoms with Crippen molar-refractivity contribution in [2.75, 3.05) is 6.54 Å². The van der Waals surface area contributed by atoms with Crippen molar-refractivity contribution in [2.45, 2.75) is 47.0 Å². The maximum absolute atomic E-state index is 11.4. The number of H-pyrrole nitrogens is 1. The summed E-state index contributed by atoms with van der Waals surface area (Å²) < 4.78 is 4.70. The number of nitrogens with zero attached hydrogens (tertiary/aromatic N) is 3. The zero-order valence-corrected chi connectivity index (χ0v) is 19.7. The Morgan fingerprint density at radius 1 is 1.12 bits per heavy atom. The van der Waals surface area contributed by atoms with Crippen LogP contribution in [0.2, 0.25) is 0 Å². The lowest BCUT2D eigenvalue weighted by molar-refractivity contribution is 0.388. The van der Waals surface area contributed by atoms with Gasteiger partial charge < -0.3 is 4.90 Å². The molecule has 33 heavy (non-hydrogen) atoms. The van der Waals surface area contributed by atoms with Gasteiger partial charge in [-0.1, -0.05) is 72.6 Å². The summed E-state index contributed by atoms with van der Waals surface area (Å²) in [7, 11) is 0. The van der Waals surface area contributed by atoms with E-state index in [1.54, 1.807) is 0 Å². The van der Waals surface area contributed by atoms with Crippen LogP contribution in [0.15, 0.2) is 85.9 Å².